The normalized spacial score (nSPS) is 11.3. The number of rotatable bonds is 3. The van der Waals surface area contributed by atoms with Crippen molar-refractivity contribution in [3.05, 3.63) is 12.5 Å². The highest BCUT2D eigenvalue weighted by Crippen LogP contribution is 2.14. The van der Waals surface area contributed by atoms with Crippen LogP contribution in [-0.2, 0) is 4.79 Å². The van der Waals surface area contributed by atoms with Gasteiger partial charge >= 0.3 is 5.92 Å². The quantitative estimate of drug-likeness (QED) is 0.715. The van der Waals surface area contributed by atoms with E-state index in [2.05, 4.69) is 15.4 Å². The topological polar surface area (TPSA) is 81.2 Å². The Balaban J connectivity index is 2.61. The fourth-order valence-corrected chi connectivity index (χ4v) is 0.582. The maximum Gasteiger partial charge on any atom is 0.336 e. The number of nitrogens with one attached hydrogen (secondary N) is 1. The van der Waals surface area contributed by atoms with Gasteiger partial charge in [-0.1, -0.05) is 5.16 Å². The van der Waals surface area contributed by atoms with E-state index in [0.29, 0.717) is 0 Å². The van der Waals surface area contributed by atoms with Crippen molar-refractivity contribution in [1.82, 2.24) is 5.16 Å². The molecule has 72 valence electrons. The fraction of sp³-hybridized carbons (Fsp3) is 0.333. The number of aromatic nitrogens is 1. The Kier molecular flexibility index (Phi) is 2.57. The number of nitrogens with two attached hydrogens (primary N) is 1. The van der Waals surface area contributed by atoms with Crippen molar-refractivity contribution >= 4 is 11.6 Å². The van der Waals surface area contributed by atoms with Crippen LogP contribution in [0.15, 0.2) is 17.0 Å². The molecular formula is C6H7F2N3O2. The Labute approximate surface area is 71.9 Å². The number of carbonyl (C=O) groups excluding carboxylic acids is 1. The minimum Gasteiger partial charge on any atom is -0.363 e. The predicted octanol–water partition coefficient (Wildman–Crippen LogP) is 0.207. The molecule has 0 saturated heterocycles. The smallest absolute Gasteiger partial charge is 0.336 e. The predicted molar refractivity (Wildman–Crippen MR) is 39.1 cm³/mol. The summed E-state index contributed by atoms with van der Waals surface area (Å²) in [5.41, 5.74) is 4.75. The molecule has 1 amide bonds. The van der Waals surface area contributed by atoms with Gasteiger partial charge in [0.25, 0.3) is 5.91 Å². The molecule has 0 saturated carbocycles. The van der Waals surface area contributed by atoms with Gasteiger partial charge in [-0.3, -0.25) is 4.79 Å². The van der Waals surface area contributed by atoms with E-state index in [1.165, 1.54) is 0 Å². The summed E-state index contributed by atoms with van der Waals surface area (Å²) in [6.07, 6.45) is 2.13. The average molecular weight is 191 g/mol. The van der Waals surface area contributed by atoms with Crippen LogP contribution in [-0.4, -0.2) is 23.5 Å². The molecule has 7 heteroatoms. The molecule has 1 rings (SSSR count). The van der Waals surface area contributed by atoms with Crippen LogP contribution in [0, 0.1) is 0 Å². The average Bonchev–Trinajstić information content (AvgIpc) is 2.57. The van der Waals surface area contributed by atoms with Crippen LogP contribution < -0.4 is 11.1 Å². The molecule has 3 N–H and O–H groups in total. The molecular weight excluding hydrogens is 184 g/mol. The van der Waals surface area contributed by atoms with Crippen molar-refractivity contribution in [2.24, 2.45) is 5.73 Å². The Morgan fingerprint density at radius 3 is 2.92 bits per heavy atom. The van der Waals surface area contributed by atoms with Crippen molar-refractivity contribution in [3.8, 4) is 0 Å². The molecule has 0 fully saturated rings. The summed E-state index contributed by atoms with van der Waals surface area (Å²) >= 11 is 0. The van der Waals surface area contributed by atoms with E-state index in [1.807, 2.05) is 5.32 Å². The standard InChI is InChI=1S/C6H7F2N3O2/c7-6(8,3-9)5(12)11-4-1-10-13-2-4/h1-2H,3,9H2,(H,11,12). The number of halogens is 2. The summed E-state index contributed by atoms with van der Waals surface area (Å²) in [4.78, 5) is 10.8. The second-order valence-electron chi connectivity index (χ2n) is 2.28. The van der Waals surface area contributed by atoms with Gasteiger partial charge in [-0.2, -0.15) is 8.78 Å². The first-order valence-corrected chi connectivity index (χ1v) is 3.35. The summed E-state index contributed by atoms with van der Waals surface area (Å²) in [6.45, 7) is -1.04. The van der Waals surface area contributed by atoms with E-state index in [0.717, 1.165) is 12.5 Å². The van der Waals surface area contributed by atoms with Crippen LogP contribution in [0.3, 0.4) is 0 Å². The van der Waals surface area contributed by atoms with Gasteiger partial charge in [0.2, 0.25) is 0 Å². The first kappa shape index (κ1) is 9.59. The summed E-state index contributed by atoms with van der Waals surface area (Å²) in [7, 11) is 0. The summed E-state index contributed by atoms with van der Waals surface area (Å²) in [5, 5.41) is 5.11. The van der Waals surface area contributed by atoms with Crippen molar-refractivity contribution < 1.29 is 18.1 Å². The molecule has 5 nitrogen and oxygen atoms in total. The van der Waals surface area contributed by atoms with Gasteiger partial charge in [0.15, 0.2) is 0 Å². The lowest BCUT2D eigenvalue weighted by Crippen LogP contribution is -2.41. The van der Waals surface area contributed by atoms with Gasteiger partial charge in [0.1, 0.15) is 12.0 Å². The molecule has 0 aromatic carbocycles. The summed E-state index contributed by atoms with van der Waals surface area (Å²) in [6, 6.07) is 0. The largest absolute Gasteiger partial charge is 0.363 e. The van der Waals surface area contributed by atoms with Crippen LogP contribution in [0.25, 0.3) is 0 Å². The fourth-order valence-electron chi connectivity index (χ4n) is 0.582. The zero-order valence-corrected chi connectivity index (χ0v) is 6.46. The van der Waals surface area contributed by atoms with E-state index < -0.39 is 18.4 Å². The minimum atomic E-state index is -3.57. The van der Waals surface area contributed by atoms with E-state index in [4.69, 9.17) is 0 Å². The first-order chi connectivity index (χ1) is 6.06. The number of hydrogen-bond acceptors (Lipinski definition) is 4. The third-order valence-electron chi connectivity index (χ3n) is 1.28. The molecule has 0 unspecified atom stereocenters. The molecule has 0 atom stereocenters. The van der Waals surface area contributed by atoms with Gasteiger partial charge in [-0.05, 0) is 0 Å². The van der Waals surface area contributed by atoms with E-state index in [-0.39, 0.29) is 5.69 Å². The maximum atomic E-state index is 12.6. The first-order valence-electron chi connectivity index (χ1n) is 3.35. The number of carbonyl (C=O) groups is 1. The SMILES string of the molecule is NCC(F)(F)C(=O)Nc1cnoc1. The van der Waals surface area contributed by atoms with Crippen molar-refractivity contribution in [2.45, 2.75) is 5.92 Å². The number of hydrogen-bond donors (Lipinski definition) is 2. The van der Waals surface area contributed by atoms with Gasteiger partial charge < -0.3 is 15.6 Å². The molecule has 0 bridgehead atoms. The third-order valence-corrected chi connectivity index (χ3v) is 1.28. The molecule has 13 heavy (non-hydrogen) atoms. The van der Waals surface area contributed by atoms with Crippen molar-refractivity contribution in [3.63, 3.8) is 0 Å². The Bertz CT molecular complexity index is 286. The second-order valence-corrected chi connectivity index (χ2v) is 2.28. The van der Waals surface area contributed by atoms with Gasteiger partial charge in [-0.25, -0.2) is 0 Å². The zero-order chi connectivity index (χ0) is 9.90. The highest BCUT2D eigenvalue weighted by atomic mass is 19.3. The van der Waals surface area contributed by atoms with E-state index in [9.17, 15) is 13.6 Å². The lowest BCUT2D eigenvalue weighted by Gasteiger charge is -2.11. The van der Waals surface area contributed by atoms with Gasteiger partial charge in [0.05, 0.1) is 12.7 Å². The Morgan fingerprint density at radius 1 is 1.77 bits per heavy atom. The van der Waals surface area contributed by atoms with Crippen molar-refractivity contribution in [1.29, 1.82) is 0 Å². The lowest BCUT2D eigenvalue weighted by molar-refractivity contribution is -0.138. The van der Waals surface area contributed by atoms with Crippen LogP contribution in [0.4, 0.5) is 14.5 Å². The highest BCUT2D eigenvalue weighted by molar-refractivity contribution is 5.95. The van der Waals surface area contributed by atoms with E-state index in [1.54, 1.807) is 0 Å². The monoisotopic (exact) mass is 191 g/mol. The number of nitrogens with zero attached hydrogens (tertiary/aromatic N) is 1. The molecule has 1 aromatic heterocycles. The number of amides is 1. The number of alkyl halides is 2. The number of anilines is 1. The van der Waals surface area contributed by atoms with Crippen LogP contribution in [0.2, 0.25) is 0 Å². The Morgan fingerprint density at radius 2 is 2.46 bits per heavy atom. The molecule has 1 aromatic rings. The molecule has 0 radical (unpaired) electrons. The van der Waals surface area contributed by atoms with Gasteiger partial charge in [0, 0.05) is 0 Å². The molecule has 0 spiro atoms. The lowest BCUT2D eigenvalue weighted by atomic mass is 10.3. The second kappa shape index (κ2) is 3.48. The minimum absolute atomic E-state index is 0.0677. The van der Waals surface area contributed by atoms with E-state index >= 15 is 0 Å². The molecule has 1 heterocycles. The molecule has 0 aliphatic heterocycles. The van der Waals surface area contributed by atoms with Crippen LogP contribution in [0.5, 0.6) is 0 Å². The van der Waals surface area contributed by atoms with Crippen LogP contribution in [0.1, 0.15) is 0 Å². The molecule has 0 aliphatic carbocycles. The third kappa shape index (κ3) is 2.22. The molecule has 0 aliphatic rings. The highest BCUT2D eigenvalue weighted by Gasteiger charge is 2.37. The summed E-state index contributed by atoms with van der Waals surface area (Å²) in [5.74, 6) is -5.05. The summed E-state index contributed by atoms with van der Waals surface area (Å²) < 4.78 is 29.4. The Hall–Kier alpha value is -1.50. The van der Waals surface area contributed by atoms with Crippen LogP contribution >= 0.6 is 0 Å². The maximum absolute atomic E-state index is 12.6. The zero-order valence-electron chi connectivity index (χ0n) is 6.46. The van der Waals surface area contributed by atoms with Crippen molar-refractivity contribution in [2.75, 3.05) is 11.9 Å². The van der Waals surface area contributed by atoms with Gasteiger partial charge in [-0.15, -0.1) is 0 Å².